The monoisotopic (exact) mass is 334 g/mol. The maximum absolute atomic E-state index is 12.4. The third-order valence-electron chi connectivity index (χ3n) is 2.88. The molecule has 0 spiro atoms. The molecule has 0 heterocycles. The molecule has 0 unspecified atom stereocenters. The van der Waals surface area contributed by atoms with Gasteiger partial charge in [-0.3, -0.25) is 4.72 Å². The van der Waals surface area contributed by atoms with Crippen LogP contribution in [0.4, 0.5) is 18.9 Å². The molecule has 0 aliphatic carbocycles. The van der Waals surface area contributed by atoms with Crippen molar-refractivity contribution in [2.45, 2.75) is 51.0 Å². The lowest BCUT2D eigenvalue weighted by Crippen LogP contribution is -2.17. The summed E-state index contributed by atoms with van der Waals surface area (Å²) < 4.78 is 40.8. The van der Waals surface area contributed by atoms with E-state index >= 15 is 0 Å². The van der Waals surface area contributed by atoms with Crippen molar-refractivity contribution in [2.24, 2.45) is 0 Å². The van der Waals surface area contributed by atoms with Crippen LogP contribution in [0.1, 0.15) is 45.6 Å². The SMILES string of the molecule is CC(C)(C)SNCCCCCNc1ccc(C(F)(F)F)cc1. The molecule has 126 valence electrons. The van der Waals surface area contributed by atoms with Gasteiger partial charge in [0.15, 0.2) is 0 Å². The van der Waals surface area contributed by atoms with Crippen molar-refractivity contribution in [1.82, 2.24) is 4.72 Å². The molecule has 22 heavy (non-hydrogen) atoms. The Morgan fingerprint density at radius 3 is 2.05 bits per heavy atom. The van der Waals surface area contributed by atoms with Crippen molar-refractivity contribution in [3.63, 3.8) is 0 Å². The number of alkyl halides is 3. The van der Waals surface area contributed by atoms with Crippen LogP contribution in [-0.4, -0.2) is 17.8 Å². The van der Waals surface area contributed by atoms with E-state index in [0.717, 1.165) is 50.2 Å². The highest BCUT2D eigenvalue weighted by molar-refractivity contribution is 7.98. The molecule has 2 nitrogen and oxygen atoms in total. The van der Waals surface area contributed by atoms with Crippen LogP contribution in [0.15, 0.2) is 24.3 Å². The first-order chi connectivity index (χ1) is 10.2. The lowest BCUT2D eigenvalue weighted by Gasteiger charge is -2.17. The maximum Gasteiger partial charge on any atom is 0.416 e. The second-order valence-corrected chi connectivity index (χ2v) is 7.89. The maximum atomic E-state index is 12.4. The summed E-state index contributed by atoms with van der Waals surface area (Å²) in [4.78, 5) is 0. The van der Waals surface area contributed by atoms with E-state index in [-0.39, 0.29) is 4.75 Å². The third-order valence-corrected chi connectivity index (χ3v) is 3.84. The van der Waals surface area contributed by atoms with E-state index in [2.05, 4.69) is 30.8 Å². The van der Waals surface area contributed by atoms with Gasteiger partial charge in [-0.05, 0) is 57.9 Å². The zero-order valence-electron chi connectivity index (χ0n) is 13.4. The largest absolute Gasteiger partial charge is 0.416 e. The number of benzene rings is 1. The molecule has 0 aliphatic heterocycles. The molecule has 1 rings (SSSR count). The summed E-state index contributed by atoms with van der Waals surface area (Å²) in [5.74, 6) is 0. The van der Waals surface area contributed by atoms with Crippen LogP contribution in [0.2, 0.25) is 0 Å². The van der Waals surface area contributed by atoms with E-state index in [0.29, 0.717) is 0 Å². The van der Waals surface area contributed by atoms with Crippen LogP contribution < -0.4 is 10.0 Å². The Hall–Kier alpha value is -0.880. The number of hydrogen-bond acceptors (Lipinski definition) is 3. The zero-order valence-corrected chi connectivity index (χ0v) is 14.2. The van der Waals surface area contributed by atoms with E-state index in [1.54, 1.807) is 11.9 Å². The molecule has 0 aliphatic rings. The van der Waals surface area contributed by atoms with Gasteiger partial charge in [0.2, 0.25) is 0 Å². The van der Waals surface area contributed by atoms with E-state index in [9.17, 15) is 13.2 Å². The topological polar surface area (TPSA) is 24.1 Å². The van der Waals surface area contributed by atoms with E-state index < -0.39 is 11.7 Å². The van der Waals surface area contributed by atoms with Crippen LogP contribution >= 0.6 is 11.9 Å². The molecule has 0 atom stereocenters. The lowest BCUT2D eigenvalue weighted by atomic mass is 10.2. The summed E-state index contributed by atoms with van der Waals surface area (Å²) >= 11 is 1.74. The Balaban J connectivity index is 2.10. The number of rotatable bonds is 8. The van der Waals surface area contributed by atoms with Crippen LogP contribution in [0, 0.1) is 0 Å². The number of hydrogen-bond donors (Lipinski definition) is 2. The normalized spacial score (nSPS) is 12.5. The molecule has 0 saturated carbocycles. The van der Waals surface area contributed by atoms with Gasteiger partial charge in [-0.2, -0.15) is 13.2 Å². The standard InChI is InChI=1S/C16H25F3N2S/c1-15(2,3)22-21-12-6-4-5-11-20-14-9-7-13(8-10-14)16(17,18)19/h7-10,20-21H,4-6,11-12H2,1-3H3. The van der Waals surface area contributed by atoms with Gasteiger partial charge in [-0.1, -0.05) is 18.4 Å². The van der Waals surface area contributed by atoms with Gasteiger partial charge < -0.3 is 5.32 Å². The summed E-state index contributed by atoms with van der Waals surface area (Å²) in [6, 6.07) is 5.17. The fraction of sp³-hybridized carbons (Fsp3) is 0.625. The molecule has 1 aromatic carbocycles. The Labute approximate surface area is 135 Å². The molecule has 2 N–H and O–H groups in total. The molecule has 6 heteroatoms. The summed E-state index contributed by atoms with van der Waals surface area (Å²) in [5, 5.41) is 3.15. The van der Waals surface area contributed by atoms with Crippen LogP contribution in [0.25, 0.3) is 0 Å². The van der Waals surface area contributed by atoms with Crippen LogP contribution in [0.3, 0.4) is 0 Å². The van der Waals surface area contributed by atoms with Gasteiger partial charge in [0.05, 0.1) is 5.56 Å². The minimum atomic E-state index is -4.27. The predicted molar refractivity (Wildman–Crippen MR) is 89.1 cm³/mol. The highest BCUT2D eigenvalue weighted by atomic mass is 32.2. The van der Waals surface area contributed by atoms with Crippen molar-refractivity contribution in [2.75, 3.05) is 18.4 Å². The lowest BCUT2D eigenvalue weighted by molar-refractivity contribution is -0.137. The first-order valence-electron chi connectivity index (χ1n) is 7.50. The quantitative estimate of drug-likeness (QED) is 0.497. The highest BCUT2D eigenvalue weighted by Gasteiger charge is 2.29. The van der Waals surface area contributed by atoms with Gasteiger partial charge in [0.25, 0.3) is 0 Å². The number of unbranched alkanes of at least 4 members (excludes halogenated alkanes) is 2. The molecular weight excluding hydrogens is 309 g/mol. The van der Waals surface area contributed by atoms with Crippen molar-refractivity contribution in [3.8, 4) is 0 Å². The van der Waals surface area contributed by atoms with Gasteiger partial charge in [0.1, 0.15) is 0 Å². The Bertz CT molecular complexity index is 425. The summed E-state index contributed by atoms with van der Waals surface area (Å²) in [6.45, 7) is 8.25. The fourth-order valence-corrected chi connectivity index (χ4v) is 2.46. The average Bonchev–Trinajstić information content (AvgIpc) is 2.40. The molecule has 0 fully saturated rings. The molecular formula is C16H25F3N2S. The van der Waals surface area contributed by atoms with Gasteiger partial charge in [-0.25, -0.2) is 0 Å². The molecule has 0 amide bonds. The van der Waals surface area contributed by atoms with E-state index in [1.165, 1.54) is 12.1 Å². The molecule has 1 aromatic rings. The summed E-state index contributed by atoms with van der Waals surface area (Å²) in [5.41, 5.74) is 0.120. The Morgan fingerprint density at radius 1 is 0.909 bits per heavy atom. The van der Waals surface area contributed by atoms with Crippen LogP contribution in [-0.2, 0) is 6.18 Å². The second kappa shape index (κ2) is 8.67. The first kappa shape index (κ1) is 19.2. The number of anilines is 1. The van der Waals surface area contributed by atoms with Crippen molar-refractivity contribution in [1.29, 1.82) is 0 Å². The minimum Gasteiger partial charge on any atom is -0.385 e. The second-order valence-electron chi connectivity index (χ2n) is 6.17. The van der Waals surface area contributed by atoms with Crippen molar-refractivity contribution >= 4 is 17.6 Å². The highest BCUT2D eigenvalue weighted by Crippen LogP contribution is 2.29. The first-order valence-corrected chi connectivity index (χ1v) is 8.32. The molecule has 0 aromatic heterocycles. The van der Waals surface area contributed by atoms with E-state index in [4.69, 9.17) is 0 Å². The van der Waals surface area contributed by atoms with Crippen molar-refractivity contribution < 1.29 is 13.2 Å². The molecule has 0 saturated heterocycles. The number of nitrogens with one attached hydrogen (secondary N) is 2. The predicted octanol–water partition coefficient (Wildman–Crippen LogP) is 5.32. The summed E-state index contributed by atoms with van der Waals surface area (Å²) in [7, 11) is 0. The van der Waals surface area contributed by atoms with Crippen molar-refractivity contribution in [3.05, 3.63) is 29.8 Å². The van der Waals surface area contributed by atoms with Gasteiger partial charge in [-0.15, -0.1) is 0 Å². The third kappa shape index (κ3) is 8.54. The fourth-order valence-electron chi connectivity index (χ4n) is 1.78. The number of halogens is 3. The molecule has 0 bridgehead atoms. The minimum absolute atomic E-state index is 0.226. The smallest absolute Gasteiger partial charge is 0.385 e. The van der Waals surface area contributed by atoms with Crippen LogP contribution in [0.5, 0.6) is 0 Å². The Kier molecular flexibility index (Phi) is 7.56. The van der Waals surface area contributed by atoms with E-state index in [1.807, 2.05) is 0 Å². The summed E-state index contributed by atoms with van der Waals surface area (Å²) in [6.07, 6.45) is -1.08. The van der Waals surface area contributed by atoms with Gasteiger partial charge >= 0.3 is 6.18 Å². The molecule has 0 radical (unpaired) electrons. The average molecular weight is 334 g/mol. The zero-order chi connectivity index (χ0) is 16.6. The Morgan fingerprint density at radius 2 is 1.50 bits per heavy atom. The van der Waals surface area contributed by atoms with Gasteiger partial charge in [0, 0.05) is 23.5 Å².